The van der Waals surface area contributed by atoms with Crippen LogP contribution in [0, 0.1) is 0 Å². The number of amides is 1. The number of hydrogen-bond acceptors (Lipinski definition) is 4. The molecule has 0 aromatic heterocycles. The van der Waals surface area contributed by atoms with Gasteiger partial charge in [0.2, 0.25) is 0 Å². The quantitative estimate of drug-likeness (QED) is 0.441. The highest BCUT2D eigenvalue weighted by Crippen LogP contribution is 2.19. The third-order valence-corrected chi connectivity index (χ3v) is 3.77. The second kappa shape index (κ2) is 11.3. The van der Waals surface area contributed by atoms with E-state index in [1.165, 1.54) is 0 Å². The Labute approximate surface area is 146 Å². The molecule has 0 rings (SSSR count). The smallest absolute Gasteiger partial charge is 0.407 e. The summed E-state index contributed by atoms with van der Waals surface area (Å²) in [5.41, 5.74) is -1.17. The lowest BCUT2D eigenvalue weighted by atomic mass is 10.00. The Morgan fingerprint density at radius 1 is 0.917 bits per heavy atom. The van der Waals surface area contributed by atoms with Crippen LogP contribution in [-0.2, 0) is 9.53 Å². The minimum absolute atomic E-state index is 0.190. The molecular formula is C18H35NO5. The maximum absolute atomic E-state index is 11.8. The minimum atomic E-state index is -0.771. The predicted octanol–water partition coefficient (Wildman–Crippen LogP) is 3.86. The zero-order valence-electron chi connectivity index (χ0n) is 15.7. The average molecular weight is 345 g/mol. The molecule has 6 heteroatoms. The summed E-state index contributed by atoms with van der Waals surface area (Å²) in [4.78, 5) is 22.2. The Morgan fingerprint density at radius 2 is 1.50 bits per heavy atom. The third kappa shape index (κ3) is 15.6. The van der Waals surface area contributed by atoms with Crippen molar-refractivity contribution in [1.29, 1.82) is 0 Å². The van der Waals surface area contributed by atoms with Gasteiger partial charge < -0.3 is 20.3 Å². The number of unbranched alkanes of at least 4 members (excludes halogenated alkanes) is 4. The molecule has 0 saturated heterocycles. The molecule has 142 valence electrons. The van der Waals surface area contributed by atoms with E-state index in [0.29, 0.717) is 19.4 Å². The van der Waals surface area contributed by atoms with E-state index in [4.69, 9.17) is 9.84 Å². The molecule has 0 unspecified atom stereocenters. The van der Waals surface area contributed by atoms with Crippen molar-refractivity contribution in [2.75, 3.05) is 6.54 Å². The molecule has 24 heavy (non-hydrogen) atoms. The zero-order chi connectivity index (χ0) is 18.6. The Hall–Kier alpha value is -1.30. The van der Waals surface area contributed by atoms with Crippen molar-refractivity contribution >= 4 is 12.1 Å². The maximum atomic E-state index is 11.8. The van der Waals surface area contributed by atoms with Gasteiger partial charge in [-0.05, 0) is 59.8 Å². The molecule has 0 spiro atoms. The molecule has 0 aromatic carbocycles. The van der Waals surface area contributed by atoms with Crippen LogP contribution in [0.2, 0.25) is 0 Å². The lowest BCUT2D eigenvalue weighted by molar-refractivity contribution is -0.137. The normalized spacial score (nSPS) is 12.0. The van der Waals surface area contributed by atoms with E-state index in [1.54, 1.807) is 13.8 Å². The molecule has 0 radical (unpaired) electrons. The van der Waals surface area contributed by atoms with Crippen molar-refractivity contribution in [2.45, 2.75) is 96.7 Å². The maximum Gasteiger partial charge on any atom is 0.407 e. The van der Waals surface area contributed by atoms with Gasteiger partial charge in [-0.15, -0.1) is 0 Å². The van der Waals surface area contributed by atoms with Crippen LogP contribution in [-0.4, -0.2) is 40.0 Å². The van der Waals surface area contributed by atoms with Gasteiger partial charge in [-0.1, -0.05) is 19.3 Å². The Kier molecular flexibility index (Phi) is 10.7. The van der Waals surface area contributed by atoms with Crippen molar-refractivity contribution in [1.82, 2.24) is 5.32 Å². The van der Waals surface area contributed by atoms with Crippen LogP contribution in [0.25, 0.3) is 0 Å². The molecule has 0 aliphatic heterocycles. The SMILES string of the molecule is CC(C)(O)CCCCCNC(=O)OC(C)(C)CCCCCC(=O)O. The molecular weight excluding hydrogens is 310 g/mol. The first kappa shape index (κ1) is 22.7. The first-order valence-corrected chi connectivity index (χ1v) is 8.93. The zero-order valence-corrected chi connectivity index (χ0v) is 15.7. The first-order chi connectivity index (χ1) is 11.0. The molecule has 0 fully saturated rings. The third-order valence-electron chi connectivity index (χ3n) is 3.77. The van der Waals surface area contributed by atoms with Crippen molar-refractivity contribution in [2.24, 2.45) is 0 Å². The highest BCUT2D eigenvalue weighted by molar-refractivity contribution is 5.67. The summed E-state index contributed by atoms with van der Waals surface area (Å²) < 4.78 is 5.42. The van der Waals surface area contributed by atoms with Crippen LogP contribution in [0.1, 0.15) is 85.5 Å². The van der Waals surface area contributed by atoms with E-state index in [-0.39, 0.29) is 6.42 Å². The number of rotatable bonds is 13. The van der Waals surface area contributed by atoms with E-state index in [2.05, 4.69) is 5.32 Å². The number of carbonyl (C=O) groups is 2. The number of ether oxygens (including phenoxy) is 1. The Balaban J connectivity index is 3.71. The average Bonchev–Trinajstić information content (AvgIpc) is 2.40. The molecule has 6 nitrogen and oxygen atoms in total. The van der Waals surface area contributed by atoms with Crippen LogP contribution < -0.4 is 5.32 Å². The van der Waals surface area contributed by atoms with Gasteiger partial charge in [0, 0.05) is 13.0 Å². The molecule has 1 amide bonds. The van der Waals surface area contributed by atoms with Crippen molar-refractivity contribution in [3.63, 3.8) is 0 Å². The van der Waals surface area contributed by atoms with E-state index < -0.39 is 23.3 Å². The van der Waals surface area contributed by atoms with Crippen LogP contribution >= 0.6 is 0 Å². The van der Waals surface area contributed by atoms with Gasteiger partial charge in [-0.25, -0.2) is 4.79 Å². The Bertz CT molecular complexity index is 374. The lowest BCUT2D eigenvalue weighted by Crippen LogP contribution is -2.35. The lowest BCUT2D eigenvalue weighted by Gasteiger charge is -2.25. The highest BCUT2D eigenvalue weighted by Gasteiger charge is 2.22. The van der Waals surface area contributed by atoms with Crippen molar-refractivity contribution in [3.8, 4) is 0 Å². The summed E-state index contributed by atoms with van der Waals surface area (Å²) in [5.74, 6) is -0.771. The fraction of sp³-hybridized carbons (Fsp3) is 0.889. The molecule has 0 saturated carbocycles. The van der Waals surface area contributed by atoms with Gasteiger partial charge in [-0.3, -0.25) is 4.79 Å². The fourth-order valence-electron chi connectivity index (χ4n) is 2.39. The molecule has 0 atom stereocenters. The van der Waals surface area contributed by atoms with Gasteiger partial charge in [0.05, 0.1) is 5.60 Å². The van der Waals surface area contributed by atoms with E-state index in [9.17, 15) is 14.7 Å². The van der Waals surface area contributed by atoms with Crippen LogP contribution in [0.15, 0.2) is 0 Å². The first-order valence-electron chi connectivity index (χ1n) is 8.93. The van der Waals surface area contributed by atoms with Gasteiger partial charge in [0.15, 0.2) is 0 Å². The molecule has 0 aromatic rings. The summed E-state index contributed by atoms with van der Waals surface area (Å²) in [6.45, 7) is 7.90. The number of aliphatic hydroxyl groups is 1. The summed E-state index contributed by atoms with van der Waals surface area (Å²) in [5, 5.41) is 20.9. The second-order valence-corrected chi connectivity index (χ2v) is 7.65. The topological polar surface area (TPSA) is 95.9 Å². The largest absolute Gasteiger partial charge is 0.481 e. The van der Waals surface area contributed by atoms with Gasteiger partial charge in [0.25, 0.3) is 0 Å². The summed E-state index contributed by atoms with van der Waals surface area (Å²) in [7, 11) is 0. The highest BCUT2D eigenvalue weighted by atomic mass is 16.6. The Morgan fingerprint density at radius 3 is 2.08 bits per heavy atom. The van der Waals surface area contributed by atoms with E-state index in [0.717, 1.165) is 38.5 Å². The van der Waals surface area contributed by atoms with E-state index in [1.807, 2.05) is 13.8 Å². The van der Waals surface area contributed by atoms with Crippen LogP contribution in [0.3, 0.4) is 0 Å². The summed E-state index contributed by atoms with van der Waals surface area (Å²) in [6.07, 6.45) is 6.31. The summed E-state index contributed by atoms with van der Waals surface area (Å²) >= 11 is 0. The minimum Gasteiger partial charge on any atom is -0.481 e. The second-order valence-electron chi connectivity index (χ2n) is 7.65. The van der Waals surface area contributed by atoms with Crippen LogP contribution in [0.5, 0.6) is 0 Å². The number of nitrogens with one attached hydrogen (secondary N) is 1. The van der Waals surface area contributed by atoms with Crippen LogP contribution in [0.4, 0.5) is 4.79 Å². The molecule has 0 bridgehead atoms. The standard InChI is InChI=1S/C18H35NO5/c1-17(2,23)12-8-6-10-14-19-16(22)24-18(3,4)13-9-5-7-11-15(20)21/h23H,5-14H2,1-4H3,(H,19,22)(H,20,21). The number of aliphatic carboxylic acids is 1. The molecule has 0 aliphatic rings. The van der Waals surface area contributed by atoms with Gasteiger partial charge in [-0.2, -0.15) is 0 Å². The van der Waals surface area contributed by atoms with E-state index >= 15 is 0 Å². The van der Waals surface area contributed by atoms with Crippen molar-refractivity contribution in [3.05, 3.63) is 0 Å². The molecule has 3 N–H and O–H groups in total. The number of carboxylic acids is 1. The predicted molar refractivity (Wildman–Crippen MR) is 94.0 cm³/mol. The van der Waals surface area contributed by atoms with Gasteiger partial charge in [0.1, 0.15) is 5.60 Å². The van der Waals surface area contributed by atoms with Gasteiger partial charge >= 0.3 is 12.1 Å². The fourth-order valence-corrected chi connectivity index (χ4v) is 2.39. The number of carbonyl (C=O) groups excluding carboxylic acids is 1. The number of alkyl carbamates (subject to hydrolysis) is 1. The number of hydrogen-bond donors (Lipinski definition) is 3. The molecule has 0 aliphatic carbocycles. The number of carboxylic acid groups (broad SMARTS) is 1. The summed E-state index contributed by atoms with van der Waals surface area (Å²) in [6, 6.07) is 0. The van der Waals surface area contributed by atoms with Crippen molar-refractivity contribution < 1.29 is 24.5 Å². The monoisotopic (exact) mass is 345 g/mol. The molecule has 0 heterocycles.